The van der Waals surface area contributed by atoms with Crippen molar-refractivity contribution < 1.29 is 9.59 Å². The fourth-order valence-electron chi connectivity index (χ4n) is 4.25. The number of amides is 2. The standard InChI is InChI=1S/C21H26N4O2/c1-15-12-22-25(18-9-5-6-10-18)21(15)23-19(26)14-24-13-17(11-20(24)27)16-7-3-2-4-8-16/h2-4,7-8,12,17-18H,5-6,9-11,13-14H2,1H3,(H,23,26). The van der Waals surface area contributed by atoms with E-state index in [1.807, 2.05) is 41.9 Å². The first-order valence-corrected chi connectivity index (χ1v) is 9.78. The number of nitrogens with one attached hydrogen (secondary N) is 1. The van der Waals surface area contributed by atoms with E-state index in [1.165, 1.54) is 12.8 Å². The minimum absolute atomic E-state index is 0.0417. The second kappa shape index (κ2) is 7.55. The first-order chi connectivity index (χ1) is 13.1. The summed E-state index contributed by atoms with van der Waals surface area (Å²) in [5.74, 6) is 0.829. The Morgan fingerprint density at radius 2 is 1.96 bits per heavy atom. The Morgan fingerprint density at radius 1 is 1.22 bits per heavy atom. The lowest BCUT2D eigenvalue weighted by molar-refractivity contribution is -0.131. The summed E-state index contributed by atoms with van der Waals surface area (Å²) in [6, 6.07) is 10.4. The van der Waals surface area contributed by atoms with E-state index in [1.54, 1.807) is 11.1 Å². The number of carbonyl (C=O) groups is 2. The van der Waals surface area contributed by atoms with E-state index in [0.717, 1.165) is 29.8 Å². The number of hydrogen-bond acceptors (Lipinski definition) is 3. The minimum atomic E-state index is -0.153. The molecule has 2 amide bonds. The molecule has 0 spiro atoms. The SMILES string of the molecule is Cc1cnn(C2CCCC2)c1NC(=O)CN1CC(c2ccccc2)CC1=O. The monoisotopic (exact) mass is 366 g/mol. The number of hydrogen-bond donors (Lipinski definition) is 1. The molecule has 4 rings (SSSR count). The summed E-state index contributed by atoms with van der Waals surface area (Å²) < 4.78 is 1.96. The van der Waals surface area contributed by atoms with Gasteiger partial charge in [-0.2, -0.15) is 5.10 Å². The van der Waals surface area contributed by atoms with Crippen LogP contribution >= 0.6 is 0 Å². The molecule has 1 aromatic heterocycles. The molecule has 1 aliphatic heterocycles. The van der Waals surface area contributed by atoms with Gasteiger partial charge in [0.2, 0.25) is 11.8 Å². The predicted octanol–water partition coefficient (Wildman–Crippen LogP) is 3.26. The highest BCUT2D eigenvalue weighted by Gasteiger charge is 2.32. The average Bonchev–Trinajstić information content (AvgIpc) is 3.39. The Kier molecular flexibility index (Phi) is 4.97. The van der Waals surface area contributed by atoms with Gasteiger partial charge in [0.15, 0.2) is 0 Å². The molecule has 6 heteroatoms. The summed E-state index contributed by atoms with van der Waals surface area (Å²) in [6.07, 6.45) is 6.90. The summed E-state index contributed by atoms with van der Waals surface area (Å²) in [7, 11) is 0. The highest BCUT2D eigenvalue weighted by Crippen LogP contribution is 2.32. The van der Waals surface area contributed by atoms with Crippen molar-refractivity contribution in [1.82, 2.24) is 14.7 Å². The van der Waals surface area contributed by atoms with Gasteiger partial charge in [0.1, 0.15) is 5.82 Å². The van der Waals surface area contributed by atoms with E-state index in [4.69, 9.17) is 0 Å². The van der Waals surface area contributed by atoms with Crippen LogP contribution in [0.3, 0.4) is 0 Å². The fourth-order valence-corrected chi connectivity index (χ4v) is 4.25. The van der Waals surface area contributed by atoms with E-state index in [9.17, 15) is 9.59 Å². The average molecular weight is 366 g/mol. The van der Waals surface area contributed by atoms with E-state index < -0.39 is 0 Å². The molecule has 6 nitrogen and oxygen atoms in total. The molecule has 2 aromatic rings. The molecule has 1 saturated carbocycles. The van der Waals surface area contributed by atoms with Crippen LogP contribution in [0, 0.1) is 6.92 Å². The van der Waals surface area contributed by atoms with E-state index >= 15 is 0 Å². The molecule has 27 heavy (non-hydrogen) atoms. The zero-order valence-electron chi connectivity index (χ0n) is 15.7. The summed E-state index contributed by atoms with van der Waals surface area (Å²) in [5, 5.41) is 7.48. The molecule has 1 aromatic carbocycles. The number of nitrogens with zero attached hydrogens (tertiary/aromatic N) is 3. The molecule has 0 bridgehead atoms. The van der Waals surface area contributed by atoms with Crippen molar-refractivity contribution in [3.05, 3.63) is 47.7 Å². The zero-order chi connectivity index (χ0) is 18.8. The summed E-state index contributed by atoms with van der Waals surface area (Å²) in [5.41, 5.74) is 2.12. The topological polar surface area (TPSA) is 67.2 Å². The lowest BCUT2D eigenvalue weighted by atomic mass is 9.99. The van der Waals surface area contributed by atoms with E-state index in [0.29, 0.717) is 19.0 Å². The number of likely N-dealkylation sites (tertiary alicyclic amines) is 1. The number of rotatable bonds is 5. The molecule has 2 aliphatic rings. The van der Waals surface area contributed by atoms with Gasteiger partial charge in [-0.3, -0.25) is 9.59 Å². The van der Waals surface area contributed by atoms with Crippen LogP contribution < -0.4 is 5.32 Å². The molecule has 1 saturated heterocycles. The smallest absolute Gasteiger partial charge is 0.245 e. The largest absolute Gasteiger partial charge is 0.333 e. The molecule has 0 radical (unpaired) electrons. The first-order valence-electron chi connectivity index (χ1n) is 9.78. The van der Waals surface area contributed by atoms with Crippen LogP contribution in [-0.2, 0) is 9.59 Å². The predicted molar refractivity (Wildman–Crippen MR) is 103 cm³/mol. The molecule has 2 fully saturated rings. The second-order valence-corrected chi connectivity index (χ2v) is 7.69. The van der Waals surface area contributed by atoms with Crippen LogP contribution in [0.4, 0.5) is 5.82 Å². The normalized spacial score (nSPS) is 20.4. The van der Waals surface area contributed by atoms with Gasteiger partial charge in [0.05, 0.1) is 18.8 Å². The highest BCUT2D eigenvalue weighted by atomic mass is 16.2. The maximum Gasteiger partial charge on any atom is 0.245 e. The number of aryl methyl sites for hydroxylation is 1. The van der Waals surface area contributed by atoms with Crippen molar-refractivity contribution in [2.75, 3.05) is 18.4 Å². The molecule has 1 aliphatic carbocycles. The third-order valence-corrected chi connectivity index (χ3v) is 5.73. The minimum Gasteiger partial charge on any atom is -0.333 e. The number of anilines is 1. The van der Waals surface area contributed by atoms with Gasteiger partial charge in [0, 0.05) is 24.4 Å². The third kappa shape index (κ3) is 3.75. The van der Waals surface area contributed by atoms with Gasteiger partial charge in [0.25, 0.3) is 0 Å². The van der Waals surface area contributed by atoms with Crippen molar-refractivity contribution in [1.29, 1.82) is 0 Å². The lowest BCUT2D eigenvalue weighted by Crippen LogP contribution is -2.35. The Balaban J connectivity index is 1.40. The van der Waals surface area contributed by atoms with Gasteiger partial charge in [-0.15, -0.1) is 0 Å². The summed E-state index contributed by atoms with van der Waals surface area (Å²) in [6.45, 7) is 2.65. The molecular formula is C21H26N4O2. The summed E-state index contributed by atoms with van der Waals surface area (Å²) in [4.78, 5) is 26.7. The van der Waals surface area contributed by atoms with Crippen molar-refractivity contribution in [2.45, 2.75) is 51.0 Å². The third-order valence-electron chi connectivity index (χ3n) is 5.73. The lowest BCUT2D eigenvalue weighted by Gasteiger charge is -2.19. The van der Waals surface area contributed by atoms with Crippen LogP contribution in [0.15, 0.2) is 36.5 Å². The van der Waals surface area contributed by atoms with Crippen LogP contribution in [-0.4, -0.2) is 39.6 Å². The van der Waals surface area contributed by atoms with Gasteiger partial charge in [-0.25, -0.2) is 4.68 Å². The first kappa shape index (κ1) is 17.8. The van der Waals surface area contributed by atoms with E-state index in [-0.39, 0.29) is 24.3 Å². The van der Waals surface area contributed by atoms with Crippen LogP contribution in [0.25, 0.3) is 0 Å². The Morgan fingerprint density at radius 3 is 2.70 bits per heavy atom. The quantitative estimate of drug-likeness (QED) is 0.883. The summed E-state index contributed by atoms with van der Waals surface area (Å²) >= 11 is 0. The molecular weight excluding hydrogens is 340 g/mol. The Labute approximate surface area is 159 Å². The second-order valence-electron chi connectivity index (χ2n) is 7.69. The molecule has 1 unspecified atom stereocenters. The van der Waals surface area contributed by atoms with Crippen molar-refractivity contribution in [3.8, 4) is 0 Å². The van der Waals surface area contributed by atoms with E-state index in [2.05, 4.69) is 10.4 Å². The van der Waals surface area contributed by atoms with Crippen LogP contribution in [0.5, 0.6) is 0 Å². The molecule has 1 atom stereocenters. The Hall–Kier alpha value is -2.63. The van der Waals surface area contributed by atoms with Crippen molar-refractivity contribution >= 4 is 17.6 Å². The van der Waals surface area contributed by atoms with Gasteiger partial charge in [-0.05, 0) is 25.3 Å². The number of aromatic nitrogens is 2. The number of carbonyl (C=O) groups excluding carboxylic acids is 2. The maximum atomic E-state index is 12.6. The van der Waals surface area contributed by atoms with Gasteiger partial charge >= 0.3 is 0 Å². The Bertz CT molecular complexity index is 824. The molecule has 142 valence electrons. The maximum absolute atomic E-state index is 12.6. The fraction of sp³-hybridized carbons (Fsp3) is 0.476. The van der Waals surface area contributed by atoms with Crippen LogP contribution in [0.1, 0.15) is 55.2 Å². The zero-order valence-corrected chi connectivity index (χ0v) is 15.7. The van der Waals surface area contributed by atoms with Gasteiger partial charge < -0.3 is 10.2 Å². The van der Waals surface area contributed by atoms with Gasteiger partial charge in [-0.1, -0.05) is 43.2 Å². The molecule has 2 heterocycles. The van der Waals surface area contributed by atoms with Crippen LogP contribution in [0.2, 0.25) is 0 Å². The number of benzene rings is 1. The molecule has 1 N–H and O–H groups in total. The van der Waals surface area contributed by atoms with Crippen molar-refractivity contribution in [2.24, 2.45) is 0 Å². The highest BCUT2D eigenvalue weighted by molar-refractivity contribution is 5.95. The van der Waals surface area contributed by atoms with Crippen molar-refractivity contribution in [3.63, 3.8) is 0 Å².